The Balaban J connectivity index is 2.14. The quantitative estimate of drug-likeness (QED) is 0.300. The van der Waals surface area contributed by atoms with Crippen LogP contribution in [0.2, 0.25) is 0 Å². The average Bonchev–Trinajstić information content (AvgIpc) is 2.75. The second kappa shape index (κ2) is 9.92. The first-order chi connectivity index (χ1) is 14.9. The molecule has 0 aliphatic carbocycles. The number of hydrogen-bond donors (Lipinski definition) is 6. The maximum Gasteiger partial charge on any atom is 0.323 e. The zero-order valence-electron chi connectivity index (χ0n) is 17.4. The van der Waals surface area contributed by atoms with Crippen LogP contribution in [0.4, 0.5) is 16.2 Å². The highest BCUT2D eigenvalue weighted by Gasteiger charge is 2.47. The molecule has 0 aliphatic rings. The lowest BCUT2D eigenvalue weighted by atomic mass is 10.1. The topological polar surface area (TPSA) is 185 Å². The SMILES string of the molecule is C=CC(c1ccc(NC(=O)Nc2ccc(CN)cc2)cc1)S(=O)(=O)C(O)C(C)(O)C(N)=O. The third-order valence-electron chi connectivity index (χ3n) is 4.80. The second-order valence-corrected chi connectivity index (χ2v) is 9.34. The zero-order chi connectivity index (χ0) is 24.1. The fourth-order valence-electron chi connectivity index (χ4n) is 2.81. The van der Waals surface area contributed by atoms with Gasteiger partial charge in [-0.2, -0.15) is 0 Å². The minimum atomic E-state index is -4.51. The first kappa shape index (κ1) is 25.0. The number of sulfone groups is 1. The van der Waals surface area contributed by atoms with Crippen LogP contribution in [0, 0.1) is 0 Å². The molecule has 2 aromatic carbocycles. The van der Waals surface area contributed by atoms with Crippen molar-refractivity contribution in [3.63, 3.8) is 0 Å². The number of benzene rings is 2. The van der Waals surface area contributed by atoms with Crippen LogP contribution in [-0.4, -0.2) is 41.6 Å². The van der Waals surface area contributed by atoms with Gasteiger partial charge in [-0.25, -0.2) is 13.2 Å². The van der Waals surface area contributed by atoms with E-state index in [2.05, 4.69) is 17.2 Å². The highest BCUT2D eigenvalue weighted by atomic mass is 32.2. The molecule has 3 unspecified atom stereocenters. The smallest absolute Gasteiger partial charge is 0.323 e. The molecule has 3 amide bonds. The third-order valence-corrected chi connectivity index (χ3v) is 7.06. The van der Waals surface area contributed by atoms with Gasteiger partial charge in [0.25, 0.3) is 5.91 Å². The van der Waals surface area contributed by atoms with Crippen molar-refractivity contribution >= 4 is 33.2 Å². The average molecular weight is 463 g/mol. The summed E-state index contributed by atoms with van der Waals surface area (Å²) in [6.45, 7) is 4.67. The Morgan fingerprint density at radius 3 is 1.97 bits per heavy atom. The van der Waals surface area contributed by atoms with Gasteiger partial charge in [-0.15, -0.1) is 6.58 Å². The van der Waals surface area contributed by atoms with Crippen molar-refractivity contribution in [2.45, 2.75) is 29.8 Å². The van der Waals surface area contributed by atoms with Gasteiger partial charge in [0.1, 0.15) is 5.25 Å². The maximum absolute atomic E-state index is 12.7. The van der Waals surface area contributed by atoms with E-state index in [4.69, 9.17) is 11.5 Å². The van der Waals surface area contributed by atoms with Gasteiger partial charge in [0, 0.05) is 17.9 Å². The Bertz CT molecular complexity index is 1080. The van der Waals surface area contributed by atoms with E-state index in [-0.39, 0.29) is 5.56 Å². The predicted molar refractivity (Wildman–Crippen MR) is 121 cm³/mol. The third kappa shape index (κ3) is 5.51. The van der Waals surface area contributed by atoms with Gasteiger partial charge in [-0.1, -0.05) is 30.3 Å². The minimum absolute atomic E-state index is 0.197. The number of nitrogens with one attached hydrogen (secondary N) is 2. The molecule has 0 saturated carbocycles. The number of hydrogen-bond acceptors (Lipinski definition) is 7. The number of carbonyl (C=O) groups is 2. The summed E-state index contributed by atoms with van der Waals surface area (Å²) in [5, 5.41) is 23.9. The number of amides is 3. The molecule has 10 nitrogen and oxygen atoms in total. The Morgan fingerprint density at radius 1 is 1.09 bits per heavy atom. The molecule has 2 aromatic rings. The van der Waals surface area contributed by atoms with Gasteiger partial charge in [0.2, 0.25) is 0 Å². The molecule has 2 rings (SSSR count). The highest BCUT2D eigenvalue weighted by molar-refractivity contribution is 7.92. The summed E-state index contributed by atoms with van der Waals surface area (Å²) in [7, 11) is -4.51. The molecule has 0 aliphatic heterocycles. The van der Waals surface area contributed by atoms with Crippen LogP contribution in [-0.2, 0) is 21.2 Å². The molecule has 0 radical (unpaired) electrons. The minimum Gasteiger partial charge on any atom is -0.377 e. The fraction of sp³-hybridized carbons (Fsp3) is 0.238. The summed E-state index contributed by atoms with van der Waals surface area (Å²) < 4.78 is 25.5. The van der Waals surface area contributed by atoms with Gasteiger partial charge >= 0.3 is 6.03 Å². The Morgan fingerprint density at radius 2 is 1.56 bits per heavy atom. The summed E-state index contributed by atoms with van der Waals surface area (Å²) in [6, 6.07) is 12.2. The Labute approximate surface area is 185 Å². The molecule has 0 heterocycles. The molecule has 172 valence electrons. The van der Waals surface area contributed by atoms with Crippen LogP contribution in [0.3, 0.4) is 0 Å². The molecule has 8 N–H and O–H groups in total. The molecule has 0 bridgehead atoms. The summed E-state index contributed by atoms with van der Waals surface area (Å²) in [5.41, 5.74) is 7.41. The van der Waals surface area contributed by atoms with Crippen molar-refractivity contribution in [1.82, 2.24) is 0 Å². The number of nitrogens with two attached hydrogens (primary N) is 2. The number of anilines is 2. The standard InChI is InChI=1S/C21H26N4O6S/c1-3-17(32(30,31)19(27)21(2,29)18(23)26)14-6-10-16(11-7-14)25-20(28)24-15-8-4-13(12-22)5-9-15/h3-11,17,19,27,29H,1,12,22H2,2H3,(H2,23,26)(H2,24,25,28). The van der Waals surface area contributed by atoms with E-state index in [1.54, 1.807) is 24.3 Å². The van der Waals surface area contributed by atoms with Crippen LogP contribution in [0.25, 0.3) is 0 Å². The van der Waals surface area contributed by atoms with Crippen LogP contribution < -0.4 is 22.1 Å². The zero-order valence-corrected chi connectivity index (χ0v) is 18.2. The van der Waals surface area contributed by atoms with Gasteiger partial charge in [0.05, 0.1) is 0 Å². The van der Waals surface area contributed by atoms with Crippen molar-refractivity contribution in [2.24, 2.45) is 11.5 Å². The lowest BCUT2D eigenvalue weighted by Gasteiger charge is -2.28. The van der Waals surface area contributed by atoms with Crippen molar-refractivity contribution in [3.05, 3.63) is 72.3 Å². The van der Waals surface area contributed by atoms with E-state index in [9.17, 15) is 28.2 Å². The molecular weight excluding hydrogens is 436 g/mol. The Kier molecular flexibility index (Phi) is 7.75. The van der Waals surface area contributed by atoms with E-state index >= 15 is 0 Å². The van der Waals surface area contributed by atoms with Gasteiger partial charge in [-0.05, 0) is 42.3 Å². The van der Waals surface area contributed by atoms with Crippen LogP contribution in [0.1, 0.15) is 23.3 Å². The number of carbonyl (C=O) groups excluding carboxylic acids is 2. The molecule has 11 heteroatoms. The van der Waals surface area contributed by atoms with Crippen molar-refractivity contribution in [3.8, 4) is 0 Å². The number of primary amides is 1. The monoisotopic (exact) mass is 462 g/mol. The molecule has 0 spiro atoms. The normalized spacial score (nSPS) is 15.1. The van der Waals surface area contributed by atoms with Crippen molar-refractivity contribution in [2.75, 3.05) is 10.6 Å². The molecular formula is C21H26N4O6S. The lowest BCUT2D eigenvalue weighted by Crippen LogP contribution is -2.54. The highest BCUT2D eigenvalue weighted by Crippen LogP contribution is 2.31. The van der Waals surface area contributed by atoms with E-state index in [0.717, 1.165) is 18.6 Å². The number of rotatable bonds is 9. The summed E-state index contributed by atoms with van der Waals surface area (Å²) in [4.78, 5) is 23.5. The number of aliphatic hydroxyl groups excluding tert-OH is 1. The predicted octanol–water partition coefficient (Wildman–Crippen LogP) is 0.986. The van der Waals surface area contributed by atoms with E-state index in [0.29, 0.717) is 17.9 Å². The molecule has 0 aromatic heterocycles. The second-order valence-electron chi connectivity index (χ2n) is 7.21. The summed E-state index contributed by atoms with van der Waals surface area (Å²) >= 11 is 0. The molecule has 0 fully saturated rings. The van der Waals surface area contributed by atoms with Crippen LogP contribution >= 0.6 is 0 Å². The first-order valence-corrected chi connectivity index (χ1v) is 11.1. The van der Waals surface area contributed by atoms with E-state index < -0.39 is 38.1 Å². The maximum atomic E-state index is 12.7. The van der Waals surface area contributed by atoms with E-state index in [1.807, 2.05) is 0 Å². The lowest BCUT2D eigenvalue weighted by molar-refractivity contribution is -0.140. The van der Waals surface area contributed by atoms with Crippen LogP contribution in [0.5, 0.6) is 0 Å². The van der Waals surface area contributed by atoms with Crippen molar-refractivity contribution < 1.29 is 28.2 Å². The molecule has 32 heavy (non-hydrogen) atoms. The van der Waals surface area contributed by atoms with Gasteiger partial charge in [-0.3, -0.25) is 4.79 Å². The van der Waals surface area contributed by atoms with Crippen molar-refractivity contribution in [1.29, 1.82) is 0 Å². The first-order valence-electron chi connectivity index (χ1n) is 9.46. The summed E-state index contributed by atoms with van der Waals surface area (Å²) in [5.74, 6) is -1.39. The van der Waals surface area contributed by atoms with E-state index in [1.165, 1.54) is 24.3 Å². The van der Waals surface area contributed by atoms with Gasteiger partial charge in [0.15, 0.2) is 20.9 Å². The number of aliphatic hydroxyl groups is 2. The van der Waals surface area contributed by atoms with Gasteiger partial charge < -0.3 is 32.3 Å². The Hall–Kier alpha value is -3.25. The molecule has 3 atom stereocenters. The summed E-state index contributed by atoms with van der Waals surface area (Å²) in [6.07, 6.45) is 1.05. The number of urea groups is 1. The molecule has 0 saturated heterocycles. The largest absolute Gasteiger partial charge is 0.377 e. The van der Waals surface area contributed by atoms with Crippen LogP contribution in [0.15, 0.2) is 61.2 Å². The fourth-order valence-corrected chi connectivity index (χ4v) is 4.65.